The van der Waals surface area contributed by atoms with Gasteiger partial charge in [-0.3, -0.25) is 20.4 Å². The van der Waals surface area contributed by atoms with Crippen LogP contribution in [0.5, 0.6) is 0 Å². The zero-order valence-electron chi connectivity index (χ0n) is 11.3. The van der Waals surface area contributed by atoms with Crippen LogP contribution in [0.1, 0.15) is 26.4 Å². The van der Waals surface area contributed by atoms with E-state index in [2.05, 4.69) is 36.7 Å². The summed E-state index contributed by atoms with van der Waals surface area (Å²) in [6.45, 7) is 0.388. The second-order valence-corrected chi connectivity index (χ2v) is 5.05. The molecule has 2 amide bonds. The fourth-order valence-corrected chi connectivity index (χ4v) is 1.86. The molecule has 0 bridgehead atoms. The van der Waals surface area contributed by atoms with E-state index in [0.717, 1.165) is 5.56 Å². The van der Waals surface area contributed by atoms with Crippen LogP contribution in [0, 0.1) is 0 Å². The van der Waals surface area contributed by atoms with Crippen LogP contribution in [-0.2, 0) is 6.54 Å². The van der Waals surface area contributed by atoms with Crippen LogP contribution in [-0.4, -0.2) is 21.8 Å². The lowest BCUT2D eigenvalue weighted by molar-refractivity contribution is 0.0844. The number of aromatic nitrogens is 2. The number of rotatable bonds is 3. The Kier molecular flexibility index (Phi) is 5.02. The number of amides is 2. The quantitative estimate of drug-likeness (QED) is 0.580. The van der Waals surface area contributed by atoms with E-state index in [0.29, 0.717) is 16.7 Å². The second-order valence-electron chi connectivity index (χ2n) is 4.24. The Bertz CT molecular complexity index is 704. The molecule has 1 aromatic carbocycles. The standard InChI is InChI=1S/C13H13BrN6O2/c14-9-6-17-11(16)10(18-9)13(22)20-19-12(21)8-3-1-7(5-15)2-4-8/h1-4,6H,5,15H2,(H2,16,17)(H,19,21)(H,20,22). The predicted octanol–water partition coefficient (Wildman–Crippen LogP) is 0.355. The highest BCUT2D eigenvalue weighted by atomic mass is 79.9. The van der Waals surface area contributed by atoms with Crippen molar-refractivity contribution in [1.82, 2.24) is 20.8 Å². The molecule has 0 fully saturated rings. The SMILES string of the molecule is NCc1ccc(C(=O)NNC(=O)c2nc(Br)cnc2N)cc1. The molecule has 22 heavy (non-hydrogen) atoms. The average Bonchev–Trinajstić information content (AvgIpc) is 2.54. The van der Waals surface area contributed by atoms with Crippen molar-refractivity contribution in [2.45, 2.75) is 6.54 Å². The van der Waals surface area contributed by atoms with Crippen molar-refractivity contribution in [3.63, 3.8) is 0 Å². The number of benzene rings is 1. The highest BCUT2D eigenvalue weighted by Gasteiger charge is 2.14. The van der Waals surface area contributed by atoms with Crippen molar-refractivity contribution < 1.29 is 9.59 Å². The molecule has 0 aliphatic carbocycles. The lowest BCUT2D eigenvalue weighted by atomic mass is 10.1. The van der Waals surface area contributed by atoms with Crippen LogP contribution in [0.15, 0.2) is 35.1 Å². The van der Waals surface area contributed by atoms with Gasteiger partial charge in [-0.15, -0.1) is 0 Å². The number of hydrogen-bond donors (Lipinski definition) is 4. The van der Waals surface area contributed by atoms with Crippen molar-refractivity contribution in [2.24, 2.45) is 5.73 Å². The maximum Gasteiger partial charge on any atom is 0.292 e. The van der Waals surface area contributed by atoms with E-state index in [1.54, 1.807) is 24.3 Å². The summed E-state index contributed by atoms with van der Waals surface area (Å²) in [5.74, 6) is -1.18. The molecule has 9 heteroatoms. The number of hydrogen-bond acceptors (Lipinski definition) is 6. The smallest absolute Gasteiger partial charge is 0.292 e. The number of carbonyl (C=O) groups excluding carboxylic acids is 2. The van der Waals surface area contributed by atoms with Crippen LogP contribution >= 0.6 is 15.9 Å². The van der Waals surface area contributed by atoms with Crippen LogP contribution < -0.4 is 22.3 Å². The zero-order valence-corrected chi connectivity index (χ0v) is 12.9. The van der Waals surface area contributed by atoms with Gasteiger partial charge >= 0.3 is 0 Å². The van der Waals surface area contributed by atoms with Crippen molar-refractivity contribution >= 4 is 33.6 Å². The molecule has 6 N–H and O–H groups in total. The van der Waals surface area contributed by atoms with Gasteiger partial charge in [-0.25, -0.2) is 9.97 Å². The van der Waals surface area contributed by atoms with E-state index in [9.17, 15) is 9.59 Å². The molecule has 2 rings (SSSR count). The minimum atomic E-state index is -0.668. The molecule has 8 nitrogen and oxygen atoms in total. The fraction of sp³-hybridized carbons (Fsp3) is 0.0769. The maximum absolute atomic E-state index is 11.9. The maximum atomic E-state index is 11.9. The molecule has 0 spiro atoms. The lowest BCUT2D eigenvalue weighted by Crippen LogP contribution is -2.42. The first-order valence-electron chi connectivity index (χ1n) is 6.19. The Labute approximate surface area is 134 Å². The Morgan fingerprint density at radius 1 is 1.14 bits per heavy atom. The highest BCUT2D eigenvalue weighted by Crippen LogP contribution is 2.10. The molecule has 2 aromatic rings. The third kappa shape index (κ3) is 3.77. The summed E-state index contributed by atoms with van der Waals surface area (Å²) in [7, 11) is 0. The van der Waals surface area contributed by atoms with E-state index in [4.69, 9.17) is 11.5 Å². The number of hydrazine groups is 1. The Morgan fingerprint density at radius 2 is 1.77 bits per heavy atom. The summed E-state index contributed by atoms with van der Waals surface area (Å²) in [5, 5.41) is 0. The number of nitrogens with zero attached hydrogens (tertiary/aromatic N) is 2. The normalized spacial score (nSPS) is 10.1. The Hall–Kier alpha value is -2.52. The minimum Gasteiger partial charge on any atom is -0.382 e. The summed E-state index contributed by atoms with van der Waals surface area (Å²) in [6.07, 6.45) is 1.36. The molecule has 1 aromatic heterocycles. The third-order valence-corrected chi connectivity index (χ3v) is 3.11. The third-order valence-electron chi connectivity index (χ3n) is 2.73. The topological polar surface area (TPSA) is 136 Å². The van der Waals surface area contributed by atoms with Gasteiger partial charge < -0.3 is 11.5 Å². The van der Waals surface area contributed by atoms with Crippen LogP contribution in [0.3, 0.4) is 0 Å². The first-order chi connectivity index (χ1) is 10.5. The first-order valence-corrected chi connectivity index (χ1v) is 6.98. The van der Waals surface area contributed by atoms with Crippen LogP contribution in [0.25, 0.3) is 0 Å². The zero-order chi connectivity index (χ0) is 16.1. The predicted molar refractivity (Wildman–Crippen MR) is 83.4 cm³/mol. The summed E-state index contributed by atoms with van der Waals surface area (Å²) in [4.78, 5) is 31.5. The van der Waals surface area contributed by atoms with Gasteiger partial charge in [0, 0.05) is 12.1 Å². The van der Waals surface area contributed by atoms with Gasteiger partial charge in [0.2, 0.25) is 0 Å². The number of halogens is 1. The van der Waals surface area contributed by atoms with E-state index >= 15 is 0 Å². The van der Waals surface area contributed by atoms with Gasteiger partial charge in [0.15, 0.2) is 11.5 Å². The van der Waals surface area contributed by atoms with Crippen LogP contribution in [0.2, 0.25) is 0 Å². The van der Waals surface area contributed by atoms with Crippen molar-refractivity contribution in [1.29, 1.82) is 0 Å². The summed E-state index contributed by atoms with van der Waals surface area (Å²) < 4.78 is 0.357. The minimum absolute atomic E-state index is 0.0396. The van der Waals surface area contributed by atoms with E-state index < -0.39 is 11.8 Å². The van der Waals surface area contributed by atoms with E-state index in [1.807, 2.05) is 0 Å². The lowest BCUT2D eigenvalue weighted by Gasteiger charge is -2.08. The molecular formula is C13H13BrN6O2. The average molecular weight is 365 g/mol. The molecule has 1 heterocycles. The number of carbonyl (C=O) groups is 2. The summed E-state index contributed by atoms with van der Waals surface area (Å²) in [5.41, 5.74) is 16.7. The molecule has 0 aliphatic rings. The van der Waals surface area contributed by atoms with Crippen LogP contribution in [0.4, 0.5) is 5.82 Å². The van der Waals surface area contributed by atoms with E-state index in [-0.39, 0.29) is 11.5 Å². The molecule has 0 atom stereocenters. The molecular weight excluding hydrogens is 352 g/mol. The van der Waals surface area contributed by atoms with Gasteiger partial charge in [0.05, 0.1) is 6.20 Å². The summed E-state index contributed by atoms with van der Waals surface area (Å²) in [6, 6.07) is 6.68. The number of nitrogen functional groups attached to an aromatic ring is 1. The Morgan fingerprint density at radius 3 is 2.41 bits per heavy atom. The number of nitrogens with one attached hydrogen (secondary N) is 2. The molecule has 0 radical (unpaired) electrons. The largest absolute Gasteiger partial charge is 0.382 e. The monoisotopic (exact) mass is 364 g/mol. The van der Waals surface area contributed by atoms with Gasteiger partial charge in [0.1, 0.15) is 4.60 Å². The van der Waals surface area contributed by atoms with Crippen molar-refractivity contribution in [3.8, 4) is 0 Å². The second kappa shape index (κ2) is 6.96. The van der Waals surface area contributed by atoms with Crippen molar-refractivity contribution in [2.75, 3.05) is 5.73 Å². The van der Waals surface area contributed by atoms with Crippen molar-refractivity contribution in [3.05, 3.63) is 51.9 Å². The molecule has 0 saturated carbocycles. The van der Waals surface area contributed by atoms with E-state index in [1.165, 1.54) is 6.20 Å². The molecule has 0 saturated heterocycles. The van der Waals surface area contributed by atoms with Gasteiger partial charge in [-0.05, 0) is 33.6 Å². The fourth-order valence-electron chi connectivity index (χ4n) is 1.58. The summed E-state index contributed by atoms with van der Waals surface area (Å²) >= 11 is 3.09. The molecule has 0 aliphatic heterocycles. The first kappa shape index (κ1) is 15.9. The van der Waals surface area contributed by atoms with Gasteiger partial charge in [0.25, 0.3) is 11.8 Å². The number of anilines is 1. The Balaban J connectivity index is 2.00. The van der Waals surface area contributed by atoms with Gasteiger partial charge in [-0.1, -0.05) is 12.1 Å². The molecule has 114 valence electrons. The van der Waals surface area contributed by atoms with Gasteiger partial charge in [-0.2, -0.15) is 0 Å². The molecule has 0 unspecified atom stereocenters. The highest BCUT2D eigenvalue weighted by molar-refractivity contribution is 9.10. The number of nitrogens with two attached hydrogens (primary N) is 2.